The van der Waals surface area contributed by atoms with Crippen LogP contribution in [0.4, 0.5) is 0 Å². The Morgan fingerprint density at radius 2 is 2.14 bits per heavy atom. The number of phenolic OH excluding ortho intramolecular Hbond substituents is 2. The van der Waals surface area contributed by atoms with E-state index in [-0.39, 0.29) is 11.5 Å². The van der Waals surface area contributed by atoms with Crippen molar-refractivity contribution in [3.8, 4) is 11.5 Å². The maximum atomic E-state index is 10.2. The Morgan fingerprint density at radius 3 is 2.86 bits per heavy atom. The van der Waals surface area contributed by atoms with Gasteiger partial charge in [-0.25, -0.2) is 0 Å². The molecule has 0 bridgehead atoms. The van der Waals surface area contributed by atoms with Crippen molar-refractivity contribution < 1.29 is 10.2 Å². The number of thioether (sulfide) groups is 1. The van der Waals surface area contributed by atoms with E-state index < -0.39 is 0 Å². The molecule has 0 aromatic heterocycles. The molecule has 0 amide bonds. The minimum atomic E-state index is 0.0269. The van der Waals surface area contributed by atoms with Gasteiger partial charge in [0.05, 0.1) is 0 Å². The van der Waals surface area contributed by atoms with E-state index in [0.717, 1.165) is 24.3 Å². The van der Waals surface area contributed by atoms with E-state index in [1.165, 1.54) is 37.2 Å². The zero-order valence-electron chi connectivity index (χ0n) is 13.6. The molecule has 122 valence electrons. The highest BCUT2D eigenvalue weighted by molar-refractivity contribution is 7.98. The lowest BCUT2D eigenvalue weighted by Crippen LogP contribution is -2.50. The van der Waals surface area contributed by atoms with Gasteiger partial charge in [-0.3, -0.25) is 4.90 Å². The Labute approximate surface area is 137 Å². The molecular formula is C18H27NO2S. The first-order chi connectivity index (χ1) is 10.7. The smallest absolute Gasteiger partial charge is 0.160 e. The lowest BCUT2D eigenvalue weighted by Gasteiger charge is -2.48. The molecule has 3 nitrogen and oxygen atoms in total. The average Bonchev–Trinajstić information content (AvgIpc) is 2.51. The van der Waals surface area contributed by atoms with Crippen LogP contribution in [0.5, 0.6) is 11.5 Å². The highest BCUT2D eigenvalue weighted by Crippen LogP contribution is 2.47. The SMILES string of the molecule is CCCN1C[C@H](CSC)C[C@@H]2c3ccc(O)c(O)c3CC[C@H]21. The number of phenols is 2. The summed E-state index contributed by atoms with van der Waals surface area (Å²) in [6.07, 6.45) is 6.57. The van der Waals surface area contributed by atoms with Gasteiger partial charge in [-0.1, -0.05) is 13.0 Å². The van der Waals surface area contributed by atoms with Crippen LogP contribution in [0.3, 0.4) is 0 Å². The number of fused-ring (bicyclic) bond motifs is 3. The topological polar surface area (TPSA) is 43.7 Å². The van der Waals surface area contributed by atoms with E-state index in [2.05, 4.69) is 18.1 Å². The fourth-order valence-corrected chi connectivity index (χ4v) is 5.19. The molecule has 1 aliphatic heterocycles. The lowest BCUT2D eigenvalue weighted by molar-refractivity contribution is 0.0824. The van der Waals surface area contributed by atoms with Crippen LogP contribution < -0.4 is 0 Å². The quantitative estimate of drug-likeness (QED) is 0.832. The molecular weight excluding hydrogens is 294 g/mol. The molecule has 0 radical (unpaired) electrons. The molecule has 1 fully saturated rings. The summed E-state index contributed by atoms with van der Waals surface area (Å²) in [5.74, 6) is 2.59. The third kappa shape index (κ3) is 2.83. The van der Waals surface area contributed by atoms with Crippen LogP contribution in [0, 0.1) is 5.92 Å². The predicted molar refractivity (Wildman–Crippen MR) is 93.0 cm³/mol. The Balaban J connectivity index is 1.93. The van der Waals surface area contributed by atoms with E-state index >= 15 is 0 Å². The summed E-state index contributed by atoms with van der Waals surface area (Å²) in [7, 11) is 0. The molecule has 1 heterocycles. The van der Waals surface area contributed by atoms with Crippen molar-refractivity contribution >= 4 is 11.8 Å². The first kappa shape index (κ1) is 16.0. The first-order valence-corrected chi connectivity index (χ1v) is 9.81. The molecule has 3 atom stereocenters. The molecule has 1 saturated heterocycles. The minimum Gasteiger partial charge on any atom is -0.504 e. The third-order valence-corrected chi connectivity index (χ3v) is 6.12. The molecule has 0 unspecified atom stereocenters. The van der Waals surface area contributed by atoms with Crippen LogP contribution in [0.15, 0.2) is 12.1 Å². The van der Waals surface area contributed by atoms with Crippen LogP contribution in [0.25, 0.3) is 0 Å². The Hall–Kier alpha value is -0.870. The Morgan fingerprint density at radius 1 is 1.32 bits per heavy atom. The van der Waals surface area contributed by atoms with Gasteiger partial charge < -0.3 is 10.2 Å². The molecule has 1 aromatic carbocycles. The fourth-order valence-electron chi connectivity index (χ4n) is 4.47. The zero-order chi connectivity index (χ0) is 15.7. The predicted octanol–water partition coefficient (Wildman–Crippen LogP) is 3.59. The van der Waals surface area contributed by atoms with Gasteiger partial charge in [0.15, 0.2) is 11.5 Å². The van der Waals surface area contributed by atoms with Crippen LogP contribution in [0.2, 0.25) is 0 Å². The van der Waals surface area contributed by atoms with Crippen LogP contribution in [0.1, 0.15) is 43.2 Å². The van der Waals surface area contributed by atoms with Gasteiger partial charge in [0.25, 0.3) is 0 Å². The third-order valence-electron chi connectivity index (χ3n) is 5.31. The number of rotatable bonds is 4. The fraction of sp³-hybridized carbons (Fsp3) is 0.667. The number of hydrogen-bond donors (Lipinski definition) is 2. The second-order valence-electron chi connectivity index (χ2n) is 6.77. The minimum absolute atomic E-state index is 0.0269. The van der Waals surface area contributed by atoms with E-state index in [1.54, 1.807) is 6.07 Å². The van der Waals surface area contributed by atoms with Gasteiger partial charge in [-0.05, 0) is 61.8 Å². The second-order valence-corrected chi connectivity index (χ2v) is 7.68. The number of piperidine rings is 1. The molecule has 0 spiro atoms. The van der Waals surface area contributed by atoms with Gasteiger partial charge in [-0.2, -0.15) is 11.8 Å². The summed E-state index contributed by atoms with van der Waals surface area (Å²) in [6.45, 7) is 4.65. The largest absolute Gasteiger partial charge is 0.504 e. The monoisotopic (exact) mass is 321 g/mol. The van der Waals surface area contributed by atoms with Crippen molar-refractivity contribution in [1.82, 2.24) is 4.90 Å². The van der Waals surface area contributed by atoms with Gasteiger partial charge in [-0.15, -0.1) is 0 Å². The molecule has 4 heteroatoms. The van der Waals surface area contributed by atoms with Crippen molar-refractivity contribution in [1.29, 1.82) is 0 Å². The van der Waals surface area contributed by atoms with E-state index in [4.69, 9.17) is 0 Å². The number of benzene rings is 1. The summed E-state index contributed by atoms with van der Waals surface area (Å²) >= 11 is 1.94. The highest BCUT2D eigenvalue weighted by atomic mass is 32.2. The van der Waals surface area contributed by atoms with Crippen LogP contribution >= 0.6 is 11.8 Å². The summed E-state index contributed by atoms with van der Waals surface area (Å²) in [4.78, 5) is 2.68. The Kier molecular flexibility index (Phi) is 4.88. The molecule has 1 aromatic rings. The molecule has 2 N–H and O–H groups in total. The number of aromatic hydroxyl groups is 2. The summed E-state index contributed by atoms with van der Waals surface area (Å²) in [6, 6.07) is 4.32. The zero-order valence-corrected chi connectivity index (χ0v) is 14.4. The summed E-state index contributed by atoms with van der Waals surface area (Å²) < 4.78 is 0. The number of likely N-dealkylation sites (tertiary alicyclic amines) is 1. The van der Waals surface area contributed by atoms with E-state index in [1.807, 2.05) is 17.8 Å². The van der Waals surface area contributed by atoms with Crippen molar-refractivity contribution in [2.45, 2.75) is 44.6 Å². The maximum Gasteiger partial charge on any atom is 0.160 e. The molecule has 1 aliphatic carbocycles. The maximum absolute atomic E-state index is 10.2. The van der Waals surface area contributed by atoms with Crippen molar-refractivity contribution in [3.05, 3.63) is 23.3 Å². The normalized spacial score (nSPS) is 28.2. The van der Waals surface area contributed by atoms with E-state index in [9.17, 15) is 10.2 Å². The molecule has 0 saturated carbocycles. The van der Waals surface area contributed by atoms with Crippen molar-refractivity contribution in [3.63, 3.8) is 0 Å². The van der Waals surface area contributed by atoms with Gasteiger partial charge in [0, 0.05) is 24.1 Å². The van der Waals surface area contributed by atoms with Crippen molar-refractivity contribution in [2.24, 2.45) is 5.92 Å². The molecule has 2 aliphatic rings. The first-order valence-electron chi connectivity index (χ1n) is 8.42. The average molecular weight is 321 g/mol. The highest BCUT2D eigenvalue weighted by Gasteiger charge is 2.40. The van der Waals surface area contributed by atoms with Crippen molar-refractivity contribution in [2.75, 3.05) is 25.1 Å². The molecule has 3 rings (SSSR count). The van der Waals surface area contributed by atoms with Gasteiger partial charge >= 0.3 is 0 Å². The lowest BCUT2D eigenvalue weighted by atomic mass is 9.71. The number of nitrogens with zero attached hydrogens (tertiary/aromatic N) is 1. The number of hydrogen-bond acceptors (Lipinski definition) is 4. The summed E-state index contributed by atoms with van der Waals surface area (Å²) in [5, 5.41) is 20.0. The van der Waals surface area contributed by atoms with Crippen LogP contribution in [-0.2, 0) is 6.42 Å². The van der Waals surface area contributed by atoms with Gasteiger partial charge in [0.1, 0.15) is 0 Å². The van der Waals surface area contributed by atoms with Gasteiger partial charge in [0.2, 0.25) is 0 Å². The Bertz CT molecular complexity index is 534. The standard InChI is InChI=1S/C18H27NO2S/c1-3-8-19-10-12(11-22-2)9-15-13-5-7-17(20)18(21)14(13)4-6-16(15)19/h5,7,12,15-16,20-21H,3-4,6,8-11H2,1-2H3/t12-,15-,16-/m1/s1. The second kappa shape index (κ2) is 6.71. The molecule has 22 heavy (non-hydrogen) atoms. The van der Waals surface area contributed by atoms with Crippen LogP contribution in [-0.4, -0.2) is 46.3 Å². The van der Waals surface area contributed by atoms with E-state index in [0.29, 0.717) is 12.0 Å². The summed E-state index contributed by atoms with van der Waals surface area (Å²) in [5.41, 5.74) is 2.26.